The lowest BCUT2D eigenvalue weighted by Crippen LogP contribution is -2.37. The van der Waals surface area contributed by atoms with Crippen LogP contribution in [0.25, 0.3) is 0 Å². The molecule has 2 rings (SSSR count). The van der Waals surface area contributed by atoms with E-state index in [-0.39, 0.29) is 0 Å². The first-order chi connectivity index (χ1) is 12.2. The lowest BCUT2D eigenvalue weighted by molar-refractivity contribution is 0.175. The van der Waals surface area contributed by atoms with Gasteiger partial charge in [0.15, 0.2) is 0 Å². The molecule has 0 radical (unpaired) electrons. The van der Waals surface area contributed by atoms with Crippen molar-refractivity contribution in [3.63, 3.8) is 0 Å². The third-order valence-corrected chi connectivity index (χ3v) is 5.91. The maximum absolute atomic E-state index is 3.68. The minimum atomic E-state index is 0.680. The van der Waals surface area contributed by atoms with Crippen molar-refractivity contribution in [1.29, 1.82) is 0 Å². The zero-order valence-corrected chi connectivity index (χ0v) is 16.9. The van der Waals surface area contributed by atoms with Gasteiger partial charge >= 0.3 is 0 Å². The molecule has 0 saturated carbocycles. The van der Waals surface area contributed by atoms with Gasteiger partial charge in [0.1, 0.15) is 0 Å². The van der Waals surface area contributed by atoms with E-state index in [0.29, 0.717) is 5.92 Å². The number of hydrogen-bond donors (Lipinski definition) is 1. The summed E-state index contributed by atoms with van der Waals surface area (Å²) in [7, 11) is 0. The average Bonchev–Trinajstić information content (AvgIpc) is 2.66. The molecule has 2 nitrogen and oxygen atoms in total. The highest BCUT2D eigenvalue weighted by atomic mass is 15.1. The van der Waals surface area contributed by atoms with Crippen molar-refractivity contribution in [2.45, 2.75) is 78.2 Å². The lowest BCUT2D eigenvalue weighted by Gasteiger charge is -2.32. The number of piperidine rings is 1. The van der Waals surface area contributed by atoms with Gasteiger partial charge in [-0.3, -0.25) is 4.90 Å². The largest absolute Gasteiger partial charge is 0.316 e. The smallest absolute Gasteiger partial charge is 0.0233 e. The molecule has 1 atom stereocenters. The Balaban J connectivity index is 1.62. The Kier molecular flexibility index (Phi) is 9.57. The number of hydrogen-bond acceptors (Lipinski definition) is 2. The van der Waals surface area contributed by atoms with Crippen LogP contribution in [0, 0.1) is 5.92 Å². The van der Waals surface area contributed by atoms with E-state index in [0.717, 1.165) is 12.5 Å². The summed E-state index contributed by atoms with van der Waals surface area (Å²) in [4.78, 5) is 2.63. The monoisotopic (exact) mass is 344 g/mol. The van der Waals surface area contributed by atoms with Crippen LogP contribution in [0.15, 0.2) is 24.3 Å². The molecular weight excluding hydrogens is 304 g/mol. The summed E-state index contributed by atoms with van der Waals surface area (Å²) >= 11 is 0. The number of benzene rings is 1. The van der Waals surface area contributed by atoms with Crippen LogP contribution in [0.2, 0.25) is 0 Å². The van der Waals surface area contributed by atoms with Gasteiger partial charge in [-0.1, -0.05) is 64.3 Å². The van der Waals surface area contributed by atoms with E-state index in [1.807, 2.05) is 0 Å². The second-order valence-corrected chi connectivity index (χ2v) is 8.04. The lowest BCUT2D eigenvalue weighted by atomic mass is 9.95. The van der Waals surface area contributed by atoms with Crippen LogP contribution in [0.1, 0.15) is 82.8 Å². The molecule has 0 aliphatic carbocycles. The predicted molar refractivity (Wildman–Crippen MR) is 110 cm³/mol. The number of nitrogens with zero attached hydrogens (tertiary/aromatic N) is 1. The van der Waals surface area contributed by atoms with Crippen molar-refractivity contribution < 1.29 is 0 Å². The van der Waals surface area contributed by atoms with Gasteiger partial charge in [0.25, 0.3) is 0 Å². The zero-order valence-electron chi connectivity index (χ0n) is 16.9. The van der Waals surface area contributed by atoms with E-state index in [9.17, 15) is 0 Å². The van der Waals surface area contributed by atoms with Gasteiger partial charge < -0.3 is 5.32 Å². The maximum atomic E-state index is 3.68. The van der Waals surface area contributed by atoms with Gasteiger partial charge in [0, 0.05) is 6.54 Å². The number of nitrogens with one attached hydrogen (secondary N) is 1. The molecule has 1 aliphatic rings. The fourth-order valence-electron chi connectivity index (χ4n) is 3.78. The second-order valence-electron chi connectivity index (χ2n) is 8.04. The second kappa shape index (κ2) is 11.7. The SMILES string of the molecule is CCCCCCNCC1CCN(Cc2ccc(C(C)CC)cc2)CC1. The summed E-state index contributed by atoms with van der Waals surface area (Å²) in [6.07, 6.45) is 9.38. The van der Waals surface area contributed by atoms with Gasteiger partial charge in [-0.2, -0.15) is 0 Å². The molecule has 0 spiro atoms. The number of unbranched alkanes of at least 4 members (excludes halogenated alkanes) is 3. The Hall–Kier alpha value is -0.860. The molecule has 1 fully saturated rings. The molecule has 1 aromatic rings. The predicted octanol–water partition coefficient (Wildman–Crippen LogP) is 5.58. The summed E-state index contributed by atoms with van der Waals surface area (Å²) in [5.41, 5.74) is 2.95. The fourth-order valence-corrected chi connectivity index (χ4v) is 3.78. The highest BCUT2D eigenvalue weighted by Gasteiger charge is 2.18. The van der Waals surface area contributed by atoms with Crippen LogP contribution in [0.5, 0.6) is 0 Å². The van der Waals surface area contributed by atoms with Crippen LogP contribution in [-0.2, 0) is 6.54 Å². The van der Waals surface area contributed by atoms with Crippen LogP contribution in [0.3, 0.4) is 0 Å². The number of likely N-dealkylation sites (tertiary alicyclic amines) is 1. The quantitative estimate of drug-likeness (QED) is 0.527. The van der Waals surface area contributed by atoms with Gasteiger partial charge in [-0.25, -0.2) is 0 Å². The Morgan fingerprint density at radius 1 is 1.04 bits per heavy atom. The van der Waals surface area contributed by atoms with Gasteiger partial charge in [0.2, 0.25) is 0 Å². The maximum Gasteiger partial charge on any atom is 0.0233 e. The van der Waals surface area contributed by atoms with Crippen LogP contribution >= 0.6 is 0 Å². The third kappa shape index (κ3) is 7.50. The van der Waals surface area contributed by atoms with Crippen molar-refractivity contribution in [2.24, 2.45) is 5.92 Å². The Morgan fingerprint density at radius 2 is 1.76 bits per heavy atom. The van der Waals surface area contributed by atoms with Crippen molar-refractivity contribution in [2.75, 3.05) is 26.2 Å². The molecule has 1 heterocycles. The molecule has 0 aromatic heterocycles. The van der Waals surface area contributed by atoms with E-state index in [4.69, 9.17) is 0 Å². The molecule has 1 saturated heterocycles. The van der Waals surface area contributed by atoms with Crippen molar-refractivity contribution >= 4 is 0 Å². The normalized spacial score (nSPS) is 17.7. The van der Waals surface area contributed by atoms with Crippen LogP contribution in [0.4, 0.5) is 0 Å². The first-order valence-electron chi connectivity index (χ1n) is 10.7. The average molecular weight is 345 g/mol. The van der Waals surface area contributed by atoms with E-state index in [1.165, 1.54) is 82.3 Å². The standard InChI is InChI=1S/C23H40N2/c1-4-6-7-8-15-24-18-21-13-16-25(17-14-21)19-22-9-11-23(12-10-22)20(3)5-2/h9-12,20-21,24H,4-8,13-19H2,1-3H3. The molecular formula is C23H40N2. The van der Waals surface area contributed by atoms with Crippen LogP contribution < -0.4 is 5.32 Å². The summed E-state index contributed by atoms with van der Waals surface area (Å²) in [5, 5.41) is 3.68. The Morgan fingerprint density at radius 3 is 2.40 bits per heavy atom. The minimum absolute atomic E-state index is 0.680. The topological polar surface area (TPSA) is 15.3 Å². The molecule has 0 bridgehead atoms. The zero-order chi connectivity index (χ0) is 17.9. The van der Waals surface area contributed by atoms with Gasteiger partial charge in [-0.15, -0.1) is 0 Å². The highest BCUT2D eigenvalue weighted by Crippen LogP contribution is 2.21. The number of rotatable bonds is 11. The summed E-state index contributed by atoms with van der Waals surface area (Å²) in [6, 6.07) is 9.34. The first kappa shape index (κ1) is 20.5. The molecule has 1 aromatic carbocycles. The van der Waals surface area contributed by atoms with E-state index in [2.05, 4.69) is 55.3 Å². The van der Waals surface area contributed by atoms with Crippen molar-refractivity contribution in [3.05, 3.63) is 35.4 Å². The minimum Gasteiger partial charge on any atom is -0.316 e. The van der Waals surface area contributed by atoms with E-state index >= 15 is 0 Å². The molecule has 142 valence electrons. The third-order valence-electron chi connectivity index (χ3n) is 5.91. The Labute approximate surface area is 156 Å². The van der Waals surface area contributed by atoms with Gasteiger partial charge in [0.05, 0.1) is 0 Å². The molecule has 25 heavy (non-hydrogen) atoms. The Bertz CT molecular complexity index is 446. The molecule has 2 heteroatoms. The fraction of sp³-hybridized carbons (Fsp3) is 0.739. The van der Waals surface area contributed by atoms with Crippen molar-refractivity contribution in [1.82, 2.24) is 10.2 Å². The summed E-state index contributed by atoms with van der Waals surface area (Å²) in [5.74, 6) is 1.56. The summed E-state index contributed by atoms with van der Waals surface area (Å²) in [6.45, 7) is 12.9. The first-order valence-corrected chi connectivity index (χ1v) is 10.7. The summed E-state index contributed by atoms with van der Waals surface area (Å²) < 4.78 is 0. The van der Waals surface area contributed by atoms with Crippen LogP contribution in [-0.4, -0.2) is 31.1 Å². The molecule has 0 amide bonds. The molecule has 1 aliphatic heterocycles. The van der Waals surface area contributed by atoms with E-state index < -0.39 is 0 Å². The van der Waals surface area contributed by atoms with Gasteiger partial charge in [-0.05, 0) is 74.8 Å². The highest BCUT2D eigenvalue weighted by molar-refractivity contribution is 5.25. The molecule has 1 N–H and O–H groups in total. The van der Waals surface area contributed by atoms with Crippen molar-refractivity contribution in [3.8, 4) is 0 Å². The molecule has 1 unspecified atom stereocenters. The van der Waals surface area contributed by atoms with E-state index in [1.54, 1.807) is 0 Å².